The lowest BCUT2D eigenvalue weighted by molar-refractivity contribution is -0.190. The van der Waals surface area contributed by atoms with E-state index in [1.54, 1.807) is 31.2 Å². The molecule has 8 aliphatic rings. The Bertz CT molecular complexity index is 2370. The first-order valence-electron chi connectivity index (χ1n) is 26.9. The highest BCUT2D eigenvalue weighted by Gasteiger charge is 2.74. The summed E-state index contributed by atoms with van der Waals surface area (Å²) in [5.41, 5.74) is 9.21. The molecule has 0 spiro atoms. The number of guanidine groups is 1. The summed E-state index contributed by atoms with van der Waals surface area (Å²) in [7, 11) is 0. The average Bonchev–Trinajstić information content (AvgIpc) is 3.87. The number of ether oxygens (including phenoxy) is 1. The average molecular weight is 981 g/mol. The van der Waals surface area contributed by atoms with Gasteiger partial charge in [0.05, 0.1) is 54.8 Å². The van der Waals surface area contributed by atoms with Crippen LogP contribution in [0.15, 0.2) is 52.2 Å². The number of fused-ring (bicyclic) bond motifs is 10. The van der Waals surface area contributed by atoms with Crippen molar-refractivity contribution in [1.82, 2.24) is 5.32 Å². The van der Waals surface area contributed by atoms with Gasteiger partial charge >= 0.3 is 5.97 Å². The number of esters is 1. The van der Waals surface area contributed by atoms with E-state index >= 15 is 4.79 Å². The number of aliphatic hydroxyl groups excluding tert-OH is 3. The molecule has 14 nitrogen and oxygen atoms in total. The number of carbonyl (C=O) groups is 3. The van der Waals surface area contributed by atoms with Gasteiger partial charge in [-0.25, -0.2) is 0 Å². The highest BCUT2D eigenvalue weighted by atomic mass is 16.5. The van der Waals surface area contributed by atoms with Gasteiger partial charge in [0.15, 0.2) is 17.5 Å². The van der Waals surface area contributed by atoms with Gasteiger partial charge in [0, 0.05) is 48.5 Å². The first kappa shape index (κ1) is 51.6. The van der Waals surface area contributed by atoms with Crippen LogP contribution in [0.3, 0.4) is 0 Å². The van der Waals surface area contributed by atoms with Crippen LogP contribution in [0.25, 0.3) is 0 Å². The number of carbonyl (C=O) groups excluding carboxylic acids is 3. The normalized spacial score (nSPS) is 43.1. The molecule has 4 saturated carbocycles. The number of nitrogens with zero attached hydrogens (tertiary/aromatic N) is 1. The van der Waals surface area contributed by atoms with Crippen molar-refractivity contribution in [2.45, 2.75) is 160 Å². The van der Waals surface area contributed by atoms with Crippen molar-refractivity contribution in [2.24, 2.45) is 92.4 Å². The van der Waals surface area contributed by atoms with E-state index in [2.05, 4.69) is 42.1 Å². The number of hydrogen-bond acceptors (Lipinski definition) is 12. The number of aliphatic imine (C=N–C) groups is 1. The van der Waals surface area contributed by atoms with Gasteiger partial charge in [-0.15, -0.1) is 5.92 Å². The van der Waals surface area contributed by atoms with Crippen LogP contribution in [-0.2, 0) is 25.5 Å². The summed E-state index contributed by atoms with van der Waals surface area (Å²) >= 11 is 0. The molecule has 11 N–H and O–H groups in total. The van der Waals surface area contributed by atoms with E-state index in [0.717, 1.165) is 31.2 Å². The molecule has 1 aliphatic heterocycles. The Hall–Kier alpha value is -4.26. The highest BCUT2D eigenvalue weighted by Crippen LogP contribution is 2.72. The Morgan fingerprint density at radius 2 is 1.70 bits per heavy atom. The Balaban J connectivity index is 1.16. The third kappa shape index (κ3) is 9.38. The number of aliphatic hydroxyl groups is 5. The zero-order valence-corrected chi connectivity index (χ0v) is 42.3. The summed E-state index contributed by atoms with van der Waals surface area (Å²) < 4.78 is 5.60. The Labute approximate surface area is 419 Å². The molecule has 7 aliphatic carbocycles. The number of Topliss-reactive ketones (excluding diaryl/α,β-unsaturated/α-hetero) is 2. The summed E-state index contributed by atoms with van der Waals surface area (Å²) in [4.78, 5) is 46.3. The monoisotopic (exact) mass is 981 g/mol. The Morgan fingerprint density at radius 3 is 2.42 bits per heavy atom. The van der Waals surface area contributed by atoms with E-state index in [0.29, 0.717) is 56.1 Å². The predicted molar refractivity (Wildman–Crippen MR) is 267 cm³/mol. The van der Waals surface area contributed by atoms with Crippen LogP contribution in [0.2, 0.25) is 0 Å². The number of aryl methyl sites for hydroxylation is 1. The number of nitrogens with one attached hydrogen (secondary N) is 1. The van der Waals surface area contributed by atoms with Crippen LogP contribution in [0, 0.1) is 87.8 Å². The number of ketones is 2. The molecule has 0 radical (unpaired) electrons. The van der Waals surface area contributed by atoms with Crippen LogP contribution in [-0.4, -0.2) is 103 Å². The van der Waals surface area contributed by atoms with E-state index in [1.165, 1.54) is 12.0 Å². The Kier molecular flexibility index (Phi) is 14.5. The smallest absolute Gasteiger partial charge is 0.306 e. The number of aromatic hydroxyl groups is 1. The second-order valence-electron chi connectivity index (χ2n) is 24.2. The van der Waals surface area contributed by atoms with Gasteiger partial charge in [0.2, 0.25) is 0 Å². The van der Waals surface area contributed by atoms with Crippen molar-refractivity contribution in [1.29, 1.82) is 0 Å². The SMILES string of the molecule is C[C@H]1CCC2=CC[C@@H]3[C@@H](C[C@@H]([C@H]4COC(=O)C4)C#CC[C@H]4C[C@@]5(O)C6=C(NCC(=O)CCc7ccc(O)cc7)C(=O)[C@@H]7C[C@@H](O)[C@@H](O)C[C@]7(C)[C@H]6CC[C@]5(CCN=C(N)N)[C@H]4[C@@](C)(O)[C@H](O)C[C@H]3C)[C@@H]2C1. The molecule has 71 heavy (non-hydrogen) atoms. The lowest BCUT2D eigenvalue weighted by Crippen LogP contribution is -2.65. The maximum atomic E-state index is 15.3. The number of allylic oxidation sites excluding steroid dienone is 3. The zero-order valence-electron chi connectivity index (χ0n) is 42.3. The summed E-state index contributed by atoms with van der Waals surface area (Å²) in [5.74, 6) is 5.31. The summed E-state index contributed by atoms with van der Waals surface area (Å²) in [6.07, 6.45) is 6.63. The third-order valence-corrected chi connectivity index (χ3v) is 20.1. The quantitative estimate of drug-likeness (QED) is 0.0493. The van der Waals surface area contributed by atoms with Crippen LogP contribution in [0.4, 0.5) is 0 Å². The van der Waals surface area contributed by atoms with Crippen molar-refractivity contribution in [3.05, 3.63) is 52.7 Å². The molecule has 14 heteroatoms. The molecular formula is C57H80N4O10. The fraction of sp³-hybridized carbons (Fsp3) is 0.719. The van der Waals surface area contributed by atoms with Crippen LogP contribution < -0.4 is 16.8 Å². The number of hydrogen-bond donors (Lipinski definition) is 9. The largest absolute Gasteiger partial charge is 0.508 e. The van der Waals surface area contributed by atoms with Crippen molar-refractivity contribution in [3.63, 3.8) is 0 Å². The molecular weight excluding hydrogens is 901 g/mol. The van der Waals surface area contributed by atoms with Crippen molar-refractivity contribution >= 4 is 23.5 Å². The van der Waals surface area contributed by atoms with Crippen molar-refractivity contribution < 1.29 is 49.8 Å². The van der Waals surface area contributed by atoms with E-state index in [1.807, 2.05) is 6.92 Å². The first-order chi connectivity index (χ1) is 33.7. The lowest BCUT2D eigenvalue weighted by Gasteiger charge is -2.62. The molecule has 0 bridgehead atoms. The van der Waals surface area contributed by atoms with Crippen LogP contribution in [0.5, 0.6) is 5.75 Å². The number of benzene rings is 1. The van der Waals surface area contributed by atoms with Crippen molar-refractivity contribution in [2.75, 3.05) is 19.7 Å². The second kappa shape index (κ2) is 19.9. The lowest BCUT2D eigenvalue weighted by atomic mass is 9.44. The second-order valence-corrected chi connectivity index (χ2v) is 24.2. The third-order valence-electron chi connectivity index (χ3n) is 20.1. The van der Waals surface area contributed by atoms with Gasteiger partial charge in [-0.05, 0) is 161 Å². The van der Waals surface area contributed by atoms with Crippen LogP contribution in [0.1, 0.15) is 130 Å². The summed E-state index contributed by atoms with van der Waals surface area (Å²) in [5, 5.41) is 76.1. The molecule has 1 aromatic rings. The number of rotatable bonds is 10. The van der Waals surface area contributed by atoms with Gasteiger partial charge in [0.25, 0.3) is 0 Å². The van der Waals surface area contributed by atoms with Gasteiger partial charge in [0.1, 0.15) is 5.75 Å². The van der Waals surface area contributed by atoms with Gasteiger partial charge < -0.3 is 52.2 Å². The molecule has 388 valence electrons. The highest BCUT2D eigenvalue weighted by molar-refractivity contribution is 6.00. The van der Waals surface area contributed by atoms with E-state index < -0.39 is 64.0 Å². The minimum absolute atomic E-state index is 0.00888. The molecule has 0 aromatic heterocycles. The maximum Gasteiger partial charge on any atom is 0.306 e. The number of cyclic esters (lactones) is 1. The molecule has 1 aromatic carbocycles. The van der Waals surface area contributed by atoms with E-state index in [4.69, 9.17) is 16.2 Å². The number of phenolic OH excluding ortho intramolecular Hbond substituents is 1. The fourth-order valence-corrected chi connectivity index (χ4v) is 16.5. The molecule has 0 unspecified atom stereocenters. The van der Waals surface area contributed by atoms with Crippen LogP contribution >= 0.6 is 0 Å². The fourth-order valence-electron chi connectivity index (χ4n) is 16.5. The molecule has 5 fully saturated rings. The zero-order chi connectivity index (χ0) is 50.8. The maximum absolute atomic E-state index is 15.3. The van der Waals surface area contributed by atoms with Gasteiger partial charge in [-0.1, -0.05) is 50.5 Å². The Morgan fingerprint density at radius 1 is 0.944 bits per heavy atom. The standard InChI is InChI=1S/C57H80N4O10/c1-31-8-12-34-13-17-40-32(2)23-47(66)55(4,69)52-36(7-5-6-35(24-42(40)41(34)22-31)37-25-48(67)71-30-37)27-57(70)49-43(18-19-56(52,57)20-21-60-53(58)59)54(3)28-46(65)45(64)26-44(54)51(68)50(49)61-29-39(63)16-11-33-9-14-38(62)15-10-33/h9-10,13-15,31-32,35-37,40-47,52,61-62,64-66,69-70H,7-8,11-12,16-30H2,1-4H3,(H4,58,59,60)/t31-,32+,35-,36-,37+,40-,41+,42+,43-,44-,45+,46-,47+,52+,54+,55-,56-,57+/m0/s1. The van der Waals surface area contributed by atoms with Gasteiger partial charge in [-0.2, -0.15) is 0 Å². The van der Waals surface area contributed by atoms with Gasteiger partial charge in [-0.3, -0.25) is 19.4 Å². The predicted octanol–water partition coefficient (Wildman–Crippen LogP) is 5.00. The molecule has 18 atom stereocenters. The molecule has 9 rings (SSSR count). The summed E-state index contributed by atoms with van der Waals surface area (Å²) in [6.45, 7) is 8.41. The molecule has 1 saturated heterocycles. The van der Waals surface area contributed by atoms with Crippen molar-refractivity contribution in [3.8, 4) is 17.6 Å². The molecule has 0 amide bonds. The minimum Gasteiger partial charge on any atom is -0.508 e. The van der Waals surface area contributed by atoms with E-state index in [9.17, 15) is 40.2 Å². The first-order valence-corrected chi connectivity index (χ1v) is 26.9. The number of nitrogens with two attached hydrogens (primary N) is 2. The molecule has 1 heterocycles. The number of phenols is 1. The summed E-state index contributed by atoms with van der Waals surface area (Å²) in [6, 6.07) is 6.66. The van der Waals surface area contributed by atoms with E-state index in [-0.39, 0.29) is 116 Å². The topological polar surface area (TPSA) is 258 Å². The minimum atomic E-state index is -1.82.